The summed E-state index contributed by atoms with van der Waals surface area (Å²) in [5.41, 5.74) is 1.23. The highest BCUT2D eigenvalue weighted by Gasteiger charge is 2.16. The van der Waals surface area contributed by atoms with Crippen molar-refractivity contribution in [1.29, 1.82) is 0 Å². The zero-order valence-electron chi connectivity index (χ0n) is 9.15. The first-order valence-electron chi connectivity index (χ1n) is 5.61. The van der Waals surface area contributed by atoms with Crippen LogP contribution in [0.4, 0.5) is 0 Å². The zero-order valence-corrected chi connectivity index (χ0v) is 9.15. The average Bonchev–Trinajstić information content (AvgIpc) is 2.80. The Hall–Kier alpha value is -0.930. The van der Waals surface area contributed by atoms with Crippen LogP contribution in [0.1, 0.15) is 31.4 Å². The molecule has 1 aromatic rings. The van der Waals surface area contributed by atoms with Crippen LogP contribution in [0.3, 0.4) is 0 Å². The van der Waals surface area contributed by atoms with Gasteiger partial charge in [-0.15, -0.1) is 0 Å². The maximum atomic E-state index is 5.56. The van der Waals surface area contributed by atoms with Gasteiger partial charge in [0.15, 0.2) is 0 Å². The second kappa shape index (κ2) is 5.24. The molecular formula is C12H18N2O. The van der Waals surface area contributed by atoms with Gasteiger partial charge >= 0.3 is 0 Å². The molecule has 2 atom stereocenters. The normalized spacial score (nSPS) is 22.9. The van der Waals surface area contributed by atoms with E-state index in [0.717, 1.165) is 13.2 Å². The first kappa shape index (κ1) is 10.6. The van der Waals surface area contributed by atoms with E-state index in [9.17, 15) is 0 Å². The van der Waals surface area contributed by atoms with Gasteiger partial charge in [-0.05, 0) is 31.4 Å². The Balaban J connectivity index is 1.79. The Morgan fingerprint density at radius 3 is 3.27 bits per heavy atom. The molecule has 0 radical (unpaired) electrons. The van der Waals surface area contributed by atoms with Gasteiger partial charge < -0.3 is 10.1 Å². The molecule has 1 saturated heterocycles. The van der Waals surface area contributed by atoms with E-state index in [1.165, 1.54) is 18.4 Å². The average molecular weight is 206 g/mol. The van der Waals surface area contributed by atoms with Crippen LogP contribution < -0.4 is 5.32 Å². The molecule has 0 aromatic carbocycles. The molecule has 0 amide bonds. The summed E-state index contributed by atoms with van der Waals surface area (Å²) in [6.45, 7) is 4.02. The summed E-state index contributed by atoms with van der Waals surface area (Å²) in [4.78, 5) is 4.11. The molecular weight excluding hydrogens is 188 g/mol. The predicted molar refractivity (Wildman–Crippen MR) is 59.6 cm³/mol. The number of aromatic nitrogens is 1. The Labute approximate surface area is 90.9 Å². The molecule has 1 aliphatic heterocycles. The summed E-state index contributed by atoms with van der Waals surface area (Å²) < 4.78 is 5.56. The van der Waals surface area contributed by atoms with Crippen LogP contribution >= 0.6 is 0 Å². The predicted octanol–water partition coefficient (Wildman–Crippen LogP) is 1.91. The van der Waals surface area contributed by atoms with Gasteiger partial charge in [-0.1, -0.05) is 6.07 Å². The largest absolute Gasteiger partial charge is 0.377 e. The minimum Gasteiger partial charge on any atom is -0.377 e. The summed E-state index contributed by atoms with van der Waals surface area (Å²) in [5.74, 6) is 0. The molecule has 0 unspecified atom stereocenters. The van der Waals surface area contributed by atoms with Crippen molar-refractivity contribution in [3.63, 3.8) is 0 Å². The molecule has 1 aliphatic rings. The Morgan fingerprint density at radius 2 is 2.60 bits per heavy atom. The monoisotopic (exact) mass is 206 g/mol. The van der Waals surface area contributed by atoms with Crippen LogP contribution in [-0.4, -0.2) is 24.2 Å². The van der Waals surface area contributed by atoms with Crippen molar-refractivity contribution < 1.29 is 4.74 Å². The molecule has 82 valence electrons. The van der Waals surface area contributed by atoms with Gasteiger partial charge in [-0.3, -0.25) is 4.98 Å². The zero-order chi connectivity index (χ0) is 10.5. The van der Waals surface area contributed by atoms with E-state index in [-0.39, 0.29) is 0 Å². The van der Waals surface area contributed by atoms with Crippen molar-refractivity contribution in [2.45, 2.75) is 31.9 Å². The van der Waals surface area contributed by atoms with E-state index < -0.39 is 0 Å². The van der Waals surface area contributed by atoms with E-state index >= 15 is 0 Å². The van der Waals surface area contributed by atoms with Gasteiger partial charge in [-0.25, -0.2) is 0 Å². The number of ether oxygens (including phenoxy) is 1. The molecule has 3 nitrogen and oxygen atoms in total. The first-order chi connectivity index (χ1) is 7.36. The minimum absolute atomic E-state index is 0.350. The lowest BCUT2D eigenvalue weighted by atomic mass is 10.1. The van der Waals surface area contributed by atoms with Crippen molar-refractivity contribution in [1.82, 2.24) is 10.3 Å². The first-order valence-corrected chi connectivity index (χ1v) is 5.61. The Bertz CT molecular complexity index is 283. The van der Waals surface area contributed by atoms with Gasteiger partial charge in [0.2, 0.25) is 0 Å². The van der Waals surface area contributed by atoms with Crippen LogP contribution in [-0.2, 0) is 4.74 Å². The fourth-order valence-electron chi connectivity index (χ4n) is 1.86. The van der Waals surface area contributed by atoms with Crippen LogP contribution in [0.5, 0.6) is 0 Å². The number of pyridine rings is 1. The topological polar surface area (TPSA) is 34.1 Å². The van der Waals surface area contributed by atoms with Crippen molar-refractivity contribution in [3.8, 4) is 0 Å². The van der Waals surface area contributed by atoms with Gasteiger partial charge in [0.1, 0.15) is 0 Å². The molecule has 2 heterocycles. The molecule has 0 spiro atoms. The lowest BCUT2D eigenvalue weighted by Crippen LogP contribution is -2.28. The van der Waals surface area contributed by atoms with Crippen LogP contribution in [0.25, 0.3) is 0 Å². The van der Waals surface area contributed by atoms with Gasteiger partial charge in [0, 0.05) is 31.6 Å². The van der Waals surface area contributed by atoms with Crippen LogP contribution in [0.2, 0.25) is 0 Å². The van der Waals surface area contributed by atoms with E-state index in [4.69, 9.17) is 4.74 Å². The highest BCUT2D eigenvalue weighted by atomic mass is 16.5. The molecule has 0 bridgehead atoms. The third-order valence-corrected chi connectivity index (χ3v) is 2.86. The number of hydrogen-bond donors (Lipinski definition) is 1. The molecule has 3 heteroatoms. The second-order valence-electron chi connectivity index (χ2n) is 4.05. The molecule has 0 saturated carbocycles. The van der Waals surface area contributed by atoms with E-state index in [0.29, 0.717) is 12.1 Å². The summed E-state index contributed by atoms with van der Waals surface area (Å²) in [6, 6.07) is 4.42. The van der Waals surface area contributed by atoms with Crippen LogP contribution in [0, 0.1) is 0 Å². The summed E-state index contributed by atoms with van der Waals surface area (Å²) in [6.07, 6.45) is 6.51. The summed E-state index contributed by atoms with van der Waals surface area (Å²) in [5, 5.41) is 3.48. The smallest absolute Gasteiger partial charge is 0.0700 e. The fraction of sp³-hybridized carbons (Fsp3) is 0.583. The highest BCUT2D eigenvalue weighted by Crippen LogP contribution is 2.14. The maximum absolute atomic E-state index is 5.56. The number of hydrogen-bond acceptors (Lipinski definition) is 3. The van der Waals surface area contributed by atoms with E-state index in [1.54, 1.807) is 6.20 Å². The molecule has 2 rings (SSSR count). The Morgan fingerprint density at radius 1 is 1.67 bits per heavy atom. The van der Waals surface area contributed by atoms with Crippen molar-refractivity contribution in [2.24, 2.45) is 0 Å². The third kappa shape index (κ3) is 3.01. The summed E-state index contributed by atoms with van der Waals surface area (Å²) >= 11 is 0. The van der Waals surface area contributed by atoms with Crippen molar-refractivity contribution in [3.05, 3.63) is 30.1 Å². The molecule has 1 fully saturated rings. The number of nitrogens with zero attached hydrogens (tertiary/aromatic N) is 1. The lowest BCUT2D eigenvalue weighted by Gasteiger charge is -2.16. The van der Waals surface area contributed by atoms with Gasteiger partial charge in [0.05, 0.1) is 6.10 Å². The van der Waals surface area contributed by atoms with E-state index in [1.807, 2.05) is 12.3 Å². The summed E-state index contributed by atoms with van der Waals surface area (Å²) in [7, 11) is 0. The standard InChI is InChI=1S/C12H18N2O/c1-10(11-4-2-6-13-8-11)14-9-12-5-3-7-15-12/h2,4,6,8,10,12,14H,3,5,7,9H2,1H3/t10-,12+/m0/s1. The fourth-order valence-corrected chi connectivity index (χ4v) is 1.86. The Kier molecular flexibility index (Phi) is 3.69. The second-order valence-corrected chi connectivity index (χ2v) is 4.05. The van der Waals surface area contributed by atoms with Crippen molar-refractivity contribution in [2.75, 3.05) is 13.2 Å². The quantitative estimate of drug-likeness (QED) is 0.817. The highest BCUT2D eigenvalue weighted by molar-refractivity contribution is 5.12. The van der Waals surface area contributed by atoms with E-state index in [2.05, 4.69) is 23.3 Å². The number of nitrogens with one attached hydrogen (secondary N) is 1. The minimum atomic E-state index is 0.350. The van der Waals surface area contributed by atoms with Gasteiger partial charge in [-0.2, -0.15) is 0 Å². The lowest BCUT2D eigenvalue weighted by molar-refractivity contribution is 0.108. The molecule has 15 heavy (non-hydrogen) atoms. The molecule has 1 N–H and O–H groups in total. The molecule has 1 aromatic heterocycles. The van der Waals surface area contributed by atoms with Crippen LogP contribution in [0.15, 0.2) is 24.5 Å². The SMILES string of the molecule is C[C@H](NC[C@H]1CCCO1)c1cccnc1. The molecule has 0 aliphatic carbocycles. The van der Waals surface area contributed by atoms with Crippen molar-refractivity contribution >= 4 is 0 Å². The number of rotatable bonds is 4. The third-order valence-electron chi connectivity index (χ3n) is 2.86. The van der Waals surface area contributed by atoms with Gasteiger partial charge in [0.25, 0.3) is 0 Å². The maximum Gasteiger partial charge on any atom is 0.0700 e.